The number of aldehydes is 1. The van der Waals surface area contributed by atoms with Gasteiger partial charge in [-0.3, -0.25) is 4.79 Å². The Kier molecular flexibility index (Phi) is 17.7. The summed E-state index contributed by atoms with van der Waals surface area (Å²) < 4.78 is 0. The third-order valence-corrected chi connectivity index (χ3v) is 2.39. The smallest absolute Gasteiger partial charge is 0.548 e. The van der Waals surface area contributed by atoms with E-state index in [4.69, 9.17) is 36.4 Å². The normalized spacial score (nSPS) is 16.4. The summed E-state index contributed by atoms with van der Waals surface area (Å²) in [6, 6.07) is -1.17. The third-order valence-electron chi connectivity index (χ3n) is 2.39. The van der Waals surface area contributed by atoms with Gasteiger partial charge in [-0.2, -0.15) is 0 Å². The van der Waals surface area contributed by atoms with E-state index in [2.05, 4.69) is 0 Å². The molecule has 0 unspecified atom stereocenters. The first-order valence-corrected chi connectivity index (χ1v) is 6.05. The van der Waals surface area contributed by atoms with E-state index in [0.29, 0.717) is 0 Å². The number of carbonyl (C=O) groups excluding carboxylic acids is 2. The largest absolute Gasteiger partial charge is 1.00 e. The maximum absolute atomic E-state index is 9.90. The number of nitrogens with two attached hydrogens (primary N) is 1. The monoisotopic (exact) mass is 349 g/mol. The summed E-state index contributed by atoms with van der Waals surface area (Å²) in [6.45, 7) is -0.760. The van der Waals surface area contributed by atoms with Gasteiger partial charge < -0.3 is 51.1 Å². The van der Waals surface area contributed by atoms with Gasteiger partial charge in [0.05, 0.1) is 12.6 Å². The molecule has 0 aliphatic heterocycles. The molecule has 0 aromatic rings. The first-order valence-electron chi connectivity index (χ1n) is 6.05. The van der Waals surface area contributed by atoms with Crippen LogP contribution >= 0.6 is 0 Å². The van der Waals surface area contributed by atoms with Gasteiger partial charge in [0.1, 0.15) is 24.4 Å². The standard InChI is InChI=1S/C6H12O6.C5H9NO4.Na/c7-1-3(9)5(11)6(12)4(10)2-8;6-3(5(9)10)1-2-4(7)8;/h1,3-6,8-12H,2H2;3H,1-2,6H2,(H,7,8)(H,9,10);/q;;+1/p-1/t3-,4+,5+,6+;3-;/m00./s1. The fourth-order valence-electron chi connectivity index (χ4n) is 1.01. The van der Waals surface area contributed by atoms with E-state index in [1.54, 1.807) is 0 Å². The Morgan fingerprint density at radius 1 is 1.13 bits per heavy atom. The van der Waals surface area contributed by atoms with E-state index in [-0.39, 0.29) is 48.7 Å². The minimum atomic E-state index is -1.79. The molecule has 0 radical (unpaired) electrons. The van der Waals surface area contributed by atoms with Crippen molar-refractivity contribution in [3.63, 3.8) is 0 Å². The molecule has 0 spiro atoms. The topological polar surface area (TPSA) is 222 Å². The summed E-state index contributed by atoms with van der Waals surface area (Å²) in [6.07, 6.45) is -7.17. The number of hydrogen-bond acceptors (Lipinski definition) is 10. The van der Waals surface area contributed by atoms with Crippen molar-refractivity contribution in [2.75, 3.05) is 6.61 Å². The molecule has 0 fully saturated rings. The van der Waals surface area contributed by atoms with Crippen LogP contribution in [-0.2, 0) is 14.4 Å². The maximum atomic E-state index is 9.90. The molecule has 0 bridgehead atoms. The van der Waals surface area contributed by atoms with Crippen LogP contribution < -0.4 is 40.4 Å². The Bertz CT molecular complexity index is 356. The van der Waals surface area contributed by atoms with E-state index >= 15 is 0 Å². The molecule has 0 aromatic heterocycles. The van der Waals surface area contributed by atoms with Crippen LogP contribution in [0.5, 0.6) is 0 Å². The van der Waals surface area contributed by atoms with Crippen molar-refractivity contribution in [2.45, 2.75) is 43.3 Å². The summed E-state index contributed by atoms with van der Waals surface area (Å²) in [7, 11) is 0. The van der Waals surface area contributed by atoms with E-state index in [0.717, 1.165) is 0 Å². The molecule has 0 amide bonds. The summed E-state index contributed by atoms with van der Waals surface area (Å²) in [5.41, 5.74) is 4.94. The number of carbonyl (C=O) groups is 3. The average Bonchev–Trinajstić information content (AvgIpc) is 2.49. The first kappa shape index (κ1) is 27.2. The van der Waals surface area contributed by atoms with Gasteiger partial charge in [-0.05, 0) is 6.42 Å². The second kappa shape index (κ2) is 14.9. The zero-order valence-electron chi connectivity index (χ0n) is 12.5. The second-order valence-corrected chi connectivity index (χ2v) is 4.22. The molecule has 0 aromatic carbocycles. The van der Waals surface area contributed by atoms with Crippen LogP contribution in [0.15, 0.2) is 0 Å². The molecule has 0 saturated heterocycles. The van der Waals surface area contributed by atoms with Crippen molar-refractivity contribution in [2.24, 2.45) is 5.73 Å². The molecule has 0 aliphatic rings. The number of carboxylic acids is 2. The fraction of sp³-hybridized carbons (Fsp3) is 0.727. The SMILES string of the molecule is N[C@@H](CCC(=O)O)C(=O)[O-].O=C[C@H](O)[C@@H](O)[C@H](O)[C@H](O)CO.[Na+]. The molecule has 0 rings (SSSR count). The minimum absolute atomic E-state index is 0. The van der Waals surface area contributed by atoms with Gasteiger partial charge in [-0.25, -0.2) is 0 Å². The van der Waals surface area contributed by atoms with Gasteiger partial charge in [0.2, 0.25) is 0 Å². The Labute approximate surface area is 153 Å². The summed E-state index contributed by atoms with van der Waals surface area (Å²) in [4.78, 5) is 29.6. The Hall–Kier alpha value is -0.630. The Morgan fingerprint density at radius 3 is 1.91 bits per heavy atom. The van der Waals surface area contributed by atoms with E-state index in [9.17, 15) is 19.5 Å². The number of carboxylic acid groups (broad SMARTS) is 2. The van der Waals surface area contributed by atoms with Gasteiger partial charge in [0, 0.05) is 12.5 Å². The third kappa shape index (κ3) is 13.5. The molecule has 130 valence electrons. The van der Waals surface area contributed by atoms with Crippen molar-refractivity contribution in [3.05, 3.63) is 0 Å². The van der Waals surface area contributed by atoms with Crippen molar-refractivity contribution in [1.29, 1.82) is 0 Å². The fourth-order valence-corrected chi connectivity index (χ4v) is 1.01. The number of aliphatic hydroxyl groups excluding tert-OH is 5. The van der Waals surface area contributed by atoms with Crippen molar-refractivity contribution in [1.82, 2.24) is 0 Å². The van der Waals surface area contributed by atoms with Crippen LogP contribution in [-0.4, -0.2) is 85.9 Å². The van der Waals surface area contributed by atoms with E-state index in [1.165, 1.54) is 0 Å². The van der Waals surface area contributed by atoms with Crippen LogP contribution in [0.1, 0.15) is 12.8 Å². The second-order valence-electron chi connectivity index (χ2n) is 4.22. The predicted molar refractivity (Wildman–Crippen MR) is 67.0 cm³/mol. The van der Waals surface area contributed by atoms with Crippen LogP contribution in [0, 0.1) is 0 Å². The quantitative estimate of drug-likeness (QED) is 0.153. The number of aliphatic carboxylic acids is 2. The van der Waals surface area contributed by atoms with Gasteiger partial charge in [0.15, 0.2) is 6.29 Å². The Balaban J connectivity index is -0.000000338. The van der Waals surface area contributed by atoms with Gasteiger partial charge in [0.25, 0.3) is 0 Å². The summed E-state index contributed by atoms with van der Waals surface area (Å²) >= 11 is 0. The number of hydrogen-bond donors (Lipinski definition) is 7. The van der Waals surface area contributed by atoms with Gasteiger partial charge >= 0.3 is 35.5 Å². The van der Waals surface area contributed by atoms with Crippen LogP contribution in [0.3, 0.4) is 0 Å². The zero-order chi connectivity index (χ0) is 17.9. The van der Waals surface area contributed by atoms with Crippen LogP contribution in [0.2, 0.25) is 0 Å². The van der Waals surface area contributed by atoms with Crippen LogP contribution in [0.25, 0.3) is 0 Å². The minimum Gasteiger partial charge on any atom is -0.548 e. The summed E-state index contributed by atoms with van der Waals surface area (Å²) in [5, 5.41) is 61.5. The molecule has 0 aliphatic carbocycles. The van der Waals surface area contributed by atoms with Crippen molar-refractivity contribution < 1.29 is 79.7 Å². The molecule has 0 heterocycles. The molecule has 11 nitrogen and oxygen atoms in total. The summed E-state index contributed by atoms with van der Waals surface area (Å²) in [5.74, 6) is -2.47. The first-order chi connectivity index (χ1) is 10.1. The number of aliphatic hydroxyl groups is 5. The molecule has 8 N–H and O–H groups in total. The molecular formula is C11H20NNaO10. The van der Waals surface area contributed by atoms with Crippen molar-refractivity contribution in [3.8, 4) is 0 Å². The van der Waals surface area contributed by atoms with Gasteiger partial charge in [-0.15, -0.1) is 0 Å². The van der Waals surface area contributed by atoms with E-state index in [1.807, 2.05) is 0 Å². The van der Waals surface area contributed by atoms with Gasteiger partial charge in [-0.1, -0.05) is 0 Å². The Morgan fingerprint density at radius 2 is 1.61 bits per heavy atom. The molecule has 0 saturated carbocycles. The molecule has 5 atom stereocenters. The molecular weight excluding hydrogens is 329 g/mol. The van der Waals surface area contributed by atoms with Crippen molar-refractivity contribution >= 4 is 18.2 Å². The zero-order valence-corrected chi connectivity index (χ0v) is 14.5. The van der Waals surface area contributed by atoms with E-state index < -0.39 is 49.0 Å². The van der Waals surface area contributed by atoms with Crippen LogP contribution in [0.4, 0.5) is 0 Å². The maximum Gasteiger partial charge on any atom is 1.00 e. The number of rotatable bonds is 9. The molecule has 12 heteroatoms. The predicted octanol–water partition coefficient (Wildman–Crippen LogP) is -8.45. The average molecular weight is 349 g/mol. The molecule has 23 heavy (non-hydrogen) atoms.